The van der Waals surface area contributed by atoms with Crippen LogP contribution in [0.3, 0.4) is 0 Å². The van der Waals surface area contributed by atoms with Crippen LogP contribution in [0.4, 0.5) is 10.7 Å². The van der Waals surface area contributed by atoms with Crippen molar-refractivity contribution in [2.24, 2.45) is 0 Å². The van der Waals surface area contributed by atoms with Crippen LogP contribution in [0, 0.1) is 17.0 Å². The molecule has 0 aliphatic carbocycles. The summed E-state index contributed by atoms with van der Waals surface area (Å²) in [4.78, 5) is 47.9. The Morgan fingerprint density at radius 3 is 2.55 bits per heavy atom. The number of hydrogen-bond acceptors (Lipinski definition) is 9. The van der Waals surface area contributed by atoms with E-state index in [0.717, 1.165) is 17.5 Å². The maximum atomic E-state index is 12.8. The minimum atomic E-state index is -0.835. The van der Waals surface area contributed by atoms with E-state index in [1.54, 1.807) is 6.92 Å². The van der Waals surface area contributed by atoms with Gasteiger partial charge in [0.25, 0.3) is 5.91 Å². The third kappa shape index (κ3) is 4.42. The second-order valence-electron chi connectivity index (χ2n) is 5.79. The molecule has 2 heterocycles. The van der Waals surface area contributed by atoms with Crippen LogP contribution in [0.5, 0.6) is 0 Å². The summed E-state index contributed by atoms with van der Waals surface area (Å²) >= 11 is 0.827. The van der Waals surface area contributed by atoms with E-state index < -0.39 is 28.5 Å². The van der Waals surface area contributed by atoms with Crippen LogP contribution in [0.1, 0.15) is 56.3 Å². The molecule has 2 aromatic heterocycles. The summed E-state index contributed by atoms with van der Waals surface area (Å²) in [5.74, 6) is -2.23. The van der Waals surface area contributed by atoms with Gasteiger partial charge in [-0.2, -0.15) is 5.10 Å². The number of ether oxygens (including phenoxy) is 2. The number of anilines is 1. The summed E-state index contributed by atoms with van der Waals surface area (Å²) < 4.78 is 11.0. The van der Waals surface area contributed by atoms with Gasteiger partial charge in [-0.15, -0.1) is 11.3 Å². The SMILES string of the molecule is CCCOC(=O)c1c(NC(=O)c2c([N+](=O)[O-])cnn2CC)sc(C(=O)OC)c1C. The first-order chi connectivity index (χ1) is 13.8. The fourth-order valence-electron chi connectivity index (χ4n) is 2.55. The Balaban J connectivity index is 2.50. The summed E-state index contributed by atoms with van der Waals surface area (Å²) in [6, 6.07) is 0. The number of rotatable bonds is 8. The number of aromatic nitrogens is 2. The molecule has 29 heavy (non-hydrogen) atoms. The van der Waals surface area contributed by atoms with Gasteiger partial charge < -0.3 is 14.8 Å². The second kappa shape index (κ2) is 9.28. The topological polar surface area (TPSA) is 143 Å². The average Bonchev–Trinajstić information content (AvgIpc) is 3.26. The Bertz CT molecular complexity index is 963. The normalized spacial score (nSPS) is 10.5. The molecule has 0 radical (unpaired) electrons. The zero-order valence-corrected chi connectivity index (χ0v) is 17.1. The van der Waals surface area contributed by atoms with E-state index in [4.69, 9.17) is 9.47 Å². The summed E-state index contributed by atoms with van der Waals surface area (Å²) in [5, 5.41) is 17.6. The van der Waals surface area contributed by atoms with Crippen LogP contribution < -0.4 is 5.32 Å². The second-order valence-corrected chi connectivity index (χ2v) is 6.81. The van der Waals surface area contributed by atoms with Gasteiger partial charge >= 0.3 is 17.6 Å². The van der Waals surface area contributed by atoms with Gasteiger partial charge in [-0.1, -0.05) is 6.92 Å². The molecule has 0 fully saturated rings. The number of carbonyl (C=O) groups is 3. The molecule has 11 nitrogen and oxygen atoms in total. The van der Waals surface area contributed by atoms with Crippen molar-refractivity contribution in [2.75, 3.05) is 19.0 Å². The highest BCUT2D eigenvalue weighted by molar-refractivity contribution is 7.18. The Morgan fingerprint density at radius 2 is 2.00 bits per heavy atom. The standard InChI is InChI=1S/C17H20N4O7S/c1-5-7-28-16(23)11-9(3)13(17(24)27-4)29-15(11)19-14(22)12-10(21(25)26)8-18-20(12)6-2/h8H,5-7H2,1-4H3,(H,19,22). The van der Waals surface area contributed by atoms with Gasteiger partial charge in [0.05, 0.1) is 24.2 Å². The van der Waals surface area contributed by atoms with Gasteiger partial charge in [0, 0.05) is 6.54 Å². The lowest BCUT2D eigenvalue weighted by Gasteiger charge is -2.08. The van der Waals surface area contributed by atoms with Crippen molar-refractivity contribution < 1.29 is 28.8 Å². The Morgan fingerprint density at radius 1 is 1.31 bits per heavy atom. The van der Waals surface area contributed by atoms with Gasteiger partial charge in [0.15, 0.2) is 0 Å². The van der Waals surface area contributed by atoms with Crippen molar-refractivity contribution in [1.82, 2.24) is 9.78 Å². The quantitative estimate of drug-likeness (QED) is 0.387. The lowest BCUT2D eigenvalue weighted by molar-refractivity contribution is -0.385. The number of carbonyl (C=O) groups excluding carboxylic acids is 3. The number of hydrogen-bond donors (Lipinski definition) is 1. The number of nitrogens with zero attached hydrogens (tertiary/aromatic N) is 3. The maximum Gasteiger partial charge on any atom is 0.348 e. The number of amides is 1. The van der Waals surface area contributed by atoms with Gasteiger partial charge in [-0.05, 0) is 25.8 Å². The molecule has 0 saturated heterocycles. The summed E-state index contributed by atoms with van der Waals surface area (Å²) in [6.07, 6.45) is 1.57. The van der Waals surface area contributed by atoms with Crippen molar-refractivity contribution in [1.29, 1.82) is 0 Å². The Labute approximate surface area is 169 Å². The first-order valence-electron chi connectivity index (χ1n) is 8.67. The monoisotopic (exact) mass is 424 g/mol. The molecule has 0 aromatic carbocycles. The fourth-order valence-corrected chi connectivity index (χ4v) is 3.65. The Kier molecular flexibility index (Phi) is 7.04. The van der Waals surface area contributed by atoms with Gasteiger partial charge in [-0.3, -0.25) is 19.6 Å². The molecule has 0 aliphatic rings. The van der Waals surface area contributed by atoms with E-state index in [2.05, 4.69) is 10.4 Å². The maximum absolute atomic E-state index is 12.8. The van der Waals surface area contributed by atoms with Crippen LogP contribution in [0.2, 0.25) is 0 Å². The first-order valence-corrected chi connectivity index (χ1v) is 9.48. The molecule has 2 aromatic rings. The molecule has 0 bridgehead atoms. The minimum absolute atomic E-state index is 0.00224. The summed E-state index contributed by atoms with van der Waals surface area (Å²) in [7, 11) is 1.19. The Hall–Kier alpha value is -3.28. The summed E-state index contributed by atoms with van der Waals surface area (Å²) in [6.45, 7) is 5.40. The van der Waals surface area contributed by atoms with Crippen molar-refractivity contribution in [3.05, 3.63) is 38.0 Å². The molecule has 12 heteroatoms. The molecule has 2 rings (SSSR count). The van der Waals surface area contributed by atoms with Gasteiger partial charge in [0.2, 0.25) is 5.69 Å². The summed E-state index contributed by atoms with van der Waals surface area (Å²) in [5.41, 5.74) is -0.448. The molecular weight excluding hydrogens is 404 g/mol. The first kappa shape index (κ1) is 22.0. The zero-order chi connectivity index (χ0) is 21.7. The van der Waals surface area contributed by atoms with Crippen molar-refractivity contribution in [3.63, 3.8) is 0 Å². The molecule has 0 spiro atoms. The largest absolute Gasteiger partial charge is 0.465 e. The number of nitrogens with one attached hydrogen (secondary N) is 1. The number of esters is 2. The lowest BCUT2D eigenvalue weighted by atomic mass is 10.1. The van der Waals surface area contributed by atoms with E-state index in [1.165, 1.54) is 18.7 Å². The average molecular weight is 424 g/mol. The molecule has 0 saturated carbocycles. The molecule has 0 unspecified atom stereocenters. The predicted molar refractivity (Wildman–Crippen MR) is 103 cm³/mol. The fraction of sp³-hybridized carbons (Fsp3) is 0.412. The lowest BCUT2D eigenvalue weighted by Crippen LogP contribution is -2.20. The zero-order valence-electron chi connectivity index (χ0n) is 16.3. The van der Waals surface area contributed by atoms with E-state index in [1.807, 2.05) is 6.92 Å². The highest BCUT2D eigenvalue weighted by atomic mass is 32.1. The number of aryl methyl sites for hydroxylation is 1. The molecule has 1 amide bonds. The highest BCUT2D eigenvalue weighted by Crippen LogP contribution is 2.35. The van der Waals surface area contributed by atoms with E-state index in [-0.39, 0.29) is 39.9 Å². The van der Waals surface area contributed by atoms with Crippen LogP contribution in [-0.2, 0) is 16.0 Å². The van der Waals surface area contributed by atoms with Crippen molar-refractivity contribution in [2.45, 2.75) is 33.7 Å². The highest BCUT2D eigenvalue weighted by Gasteiger charge is 2.31. The smallest absolute Gasteiger partial charge is 0.348 e. The number of thiophene rings is 1. The predicted octanol–water partition coefficient (Wildman–Crippen LogP) is 2.79. The third-order valence-electron chi connectivity index (χ3n) is 3.92. The van der Waals surface area contributed by atoms with Crippen LogP contribution in [0.25, 0.3) is 0 Å². The molecular formula is C17H20N4O7S. The van der Waals surface area contributed by atoms with E-state index in [9.17, 15) is 24.5 Å². The number of methoxy groups -OCH3 is 1. The van der Waals surface area contributed by atoms with E-state index >= 15 is 0 Å². The third-order valence-corrected chi connectivity index (χ3v) is 5.10. The van der Waals surface area contributed by atoms with Crippen LogP contribution >= 0.6 is 11.3 Å². The van der Waals surface area contributed by atoms with Gasteiger partial charge in [-0.25, -0.2) is 9.59 Å². The minimum Gasteiger partial charge on any atom is -0.465 e. The molecule has 0 aliphatic heterocycles. The van der Waals surface area contributed by atoms with Crippen LogP contribution in [-0.4, -0.2) is 46.3 Å². The van der Waals surface area contributed by atoms with Crippen molar-refractivity contribution in [3.8, 4) is 0 Å². The van der Waals surface area contributed by atoms with Gasteiger partial charge in [0.1, 0.15) is 16.1 Å². The van der Waals surface area contributed by atoms with Crippen molar-refractivity contribution >= 4 is 39.9 Å². The van der Waals surface area contributed by atoms with Crippen LogP contribution in [0.15, 0.2) is 6.20 Å². The van der Waals surface area contributed by atoms with E-state index in [0.29, 0.717) is 6.42 Å². The molecule has 156 valence electrons. The molecule has 1 N–H and O–H groups in total. The number of nitro groups is 1. The molecule has 0 atom stereocenters.